The van der Waals surface area contributed by atoms with Gasteiger partial charge in [0, 0.05) is 17.3 Å². The molecule has 132 valence electrons. The highest BCUT2D eigenvalue weighted by Crippen LogP contribution is 2.36. The molecule has 2 heterocycles. The maximum Gasteiger partial charge on any atom is 0.231 e. The van der Waals surface area contributed by atoms with Gasteiger partial charge in [-0.3, -0.25) is 10.6 Å². The largest absolute Gasteiger partial charge is 0.493 e. The van der Waals surface area contributed by atoms with Crippen molar-refractivity contribution in [3.63, 3.8) is 0 Å². The molecular formula is C20H19N3O3. The number of anilines is 1. The Balaban J connectivity index is 1.69. The molecule has 6 heteroatoms. The fraction of sp³-hybridized carbons (Fsp3) is 0.150. The summed E-state index contributed by atoms with van der Waals surface area (Å²) in [6.07, 6.45) is 4.36. The van der Waals surface area contributed by atoms with E-state index in [1.165, 1.54) is 6.39 Å². The summed E-state index contributed by atoms with van der Waals surface area (Å²) >= 11 is 0. The summed E-state index contributed by atoms with van der Waals surface area (Å²) in [6.45, 7) is 2.48. The number of ether oxygens (including phenoxy) is 2. The summed E-state index contributed by atoms with van der Waals surface area (Å²) in [6, 6.07) is 15.7. The van der Waals surface area contributed by atoms with Crippen LogP contribution in [0.15, 0.2) is 71.7 Å². The Hall–Kier alpha value is -3.25. The molecule has 3 aromatic rings. The molecule has 0 spiro atoms. The van der Waals surface area contributed by atoms with Crippen LogP contribution in [-0.4, -0.2) is 17.9 Å². The number of oxazole rings is 1. The van der Waals surface area contributed by atoms with Gasteiger partial charge in [-0.2, -0.15) is 0 Å². The third-order valence-electron chi connectivity index (χ3n) is 4.10. The lowest BCUT2D eigenvalue weighted by atomic mass is 10.1. The van der Waals surface area contributed by atoms with Crippen molar-refractivity contribution in [3.05, 3.63) is 72.9 Å². The summed E-state index contributed by atoms with van der Waals surface area (Å²) in [4.78, 5) is 5.84. The molecule has 1 atom stereocenters. The summed E-state index contributed by atoms with van der Waals surface area (Å²) in [5, 5.41) is 0. The first-order valence-corrected chi connectivity index (χ1v) is 8.40. The summed E-state index contributed by atoms with van der Waals surface area (Å²) < 4.78 is 17.0. The van der Waals surface area contributed by atoms with Crippen molar-refractivity contribution in [2.75, 3.05) is 11.5 Å². The normalized spacial score (nSPS) is 16.3. The van der Waals surface area contributed by atoms with Gasteiger partial charge in [-0.25, -0.2) is 4.98 Å². The molecule has 0 amide bonds. The van der Waals surface area contributed by atoms with Gasteiger partial charge in [-0.1, -0.05) is 30.3 Å². The molecule has 0 saturated heterocycles. The van der Waals surface area contributed by atoms with E-state index >= 15 is 0 Å². The van der Waals surface area contributed by atoms with E-state index in [0.717, 1.165) is 22.6 Å². The van der Waals surface area contributed by atoms with Crippen LogP contribution >= 0.6 is 0 Å². The Labute approximate surface area is 151 Å². The van der Waals surface area contributed by atoms with Crippen molar-refractivity contribution in [2.45, 2.75) is 13.3 Å². The van der Waals surface area contributed by atoms with Gasteiger partial charge in [0.1, 0.15) is 11.5 Å². The predicted molar refractivity (Wildman–Crippen MR) is 99.1 cm³/mol. The van der Waals surface area contributed by atoms with Gasteiger partial charge in [0.25, 0.3) is 0 Å². The van der Waals surface area contributed by atoms with Crippen molar-refractivity contribution in [1.29, 1.82) is 0 Å². The molecule has 0 fully saturated rings. The molecule has 4 rings (SSSR count). The number of hydrogen-bond donors (Lipinski definition) is 1. The Morgan fingerprint density at radius 3 is 2.77 bits per heavy atom. The van der Waals surface area contributed by atoms with Gasteiger partial charge in [0.15, 0.2) is 12.2 Å². The van der Waals surface area contributed by atoms with Gasteiger partial charge in [0.05, 0.1) is 24.6 Å². The number of hydrogen-bond acceptors (Lipinski definition) is 6. The van der Waals surface area contributed by atoms with Crippen molar-refractivity contribution in [2.24, 2.45) is 5.73 Å². The van der Waals surface area contributed by atoms with Crippen LogP contribution < -0.4 is 15.4 Å². The molecule has 1 aliphatic rings. The SMILES string of the molecule is CCOc1cc(N2C=C(c3ccccc3)OC2N)ccc1-c1cnco1. The van der Waals surface area contributed by atoms with Crippen LogP contribution in [0.1, 0.15) is 12.5 Å². The summed E-state index contributed by atoms with van der Waals surface area (Å²) in [7, 11) is 0. The maximum absolute atomic E-state index is 6.18. The second-order valence-corrected chi connectivity index (χ2v) is 5.75. The number of nitrogens with two attached hydrogens (primary N) is 1. The van der Waals surface area contributed by atoms with Crippen LogP contribution in [0.2, 0.25) is 0 Å². The van der Waals surface area contributed by atoms with E-state index < -0.39 is 6.35 Å². The molecule has 1 aromatic heterocycles. The van der Waals surface area contributed by atoms with Crippen LogP contribution in [0.3, 0.4) is 0 Å². The van der Waals surface area contributed by atoms with Gasteiger partial charge >= 0.3 is 0 Å². The van der Waals surface area contributed by atoms with E-state index in [1.54, 1.807) is 6.20 Å². The van der Waals surface area contributed by atoms with E-state index in [1.807, 2.05) is 66.6 Å². The van der Waals surface area contributed by atoms with E-state index in [4.69, 9.17) is 19.6 Å². The first-order valence-electron chi connectivity index (χ1n) is 8.40. The molecule has 26 heavy (non-hydrogen) atoms. The smallest absolute Gasteiger partial charge is 0.231 e. The fourth-order valence-electron chi connectivity index (χ4n) is 2.88. The molecule has 6 nitrogen and oxygen atoms in total. The number of aromatic nitrogens is 1. The number of nitrogens with zero attached hydrogens (tertiary/aromatic N) is 2. The third-order valence-corrected chi connectivity index (χ3v) is 4.10. The highest BCUT2D eigenvalue weighted by Gasteiger charge is 2.25. The lowest BCUT2D eigenvalue weighted by molar-refractivity contribution is 0.199. The predicted octanol–water partition coefficient (Wildman–Crippen LogP) is 3.82. The highest BCUT2D eigenvalue weighted by molar-refractivity contribution is 5.73. The lowest BCUT2D eigenvalue weighted by Crippen LogP contribution is -2.36. The molecule has 1 aliphatic heterocycles. The Morgan fingerprint density at radius 2 is 2.04 bits per heavy atom. The zero-order chi connectivity index (χ0) is 17.9. The average Bonchev–Trinajstić information content (AvgIpc) is 3.33. The molecule has 2 aromatic carbocycles. The first kappa shape index (κ1) is 16.2. The minimum absolute atomic E-state index is 0.540. The maximum atomic E-state index is 6.18. The van der Waals surface area contributed by atoms with Crippen molar-refractivity contribution < 1.29 is 13.9 Å². The zero-order valence-corrected chi connectivity index (χ0v) is 14.3. The first-order chi connectivity index (χ1) is 12.8. The molecule has 2 N–H and O–H groups in total. The van der Waals surface area contributed by atoms with E-state index in [0.29, 0.717) is 18.1 Å². The second kappa shape index (κ2) is 6.93. The van der Waals surface area contributed by atoms with E-state index in [9.17, 15) is 0 Å². The standard InChI is InChI=1S/C20H19N3O3/c1-2-24-17-10-15(8-9-16(17)18-11-22-13-25-18)23-12-19(26-20(23)21)14-6-4-3-5-7-14/h3-13,20H,2,21H2,1H3. The number of rotatable bonds is 5. The fourth-order valence-corrected chi connectivity index (χ4v) is 2.88. The van der Waals surface area contributed by atoms with Crippen molar-refractivity contribution in [1.82, 2.24) is 4.98 Å². The van der Waals surface area contributed by atoms with Gasteiger partial charge in [-0.15, -0.1) is 0 Å². The molecule has 0 bridgehead atoms. The zero-order valence-electron chi connectivity index (χ0n) is 14.3. The van der Waals surface area contributed by atoms with Crippen LogP contribution in [0.5, 0.6) is 5.75 Å². The topological polar surface area (TPSA) is 73.8 Å². The van der Waals surface area contributed by atoms with Gasteiger partial charge < -0.3 is 13.9 Å². The highest BCUT2D eigenvalue weighted by atomic mass is 16.5. The quantitative estimate of drug-likeness (QED) is 0.755. The summed E-state index contributed by atoms with van der Waals surface area (Å²) in [5.74, 6) is 2.09. The van der Waals surface area contributed by atoms with E-state index in [-0.39, 0.29) is 0 Å². The molecular weight excluding hydrogens is 330 g/mol. The molecule has 1 unspecified atom stereocenters. The lowest BCUT2D eigenvalue weighted by Gasteiger charge is -2.21. The average molecular weight is 349 g/mol. The van der Waals surface area contributed by atoms with Gasteiger partial charge in [-0.05, 0) is 19.1 Å². The van der Waals surface area contributed by atoms with Crippen LogP contribution in [0.4, 0.5) is 5.69 Å². The van der Waals surface area contributed by atoms with E-state index in [2.05, 4.69) is 4.98 Å². The minimum atomic E-state index is -0.601. The molecule has 0 saturated carbocycles. The van der Waals surface area contributed by atoms with Crippen molar-refractivity contribution >= 4 is 11.4 Å². The number of benzene rings is 2. The van der Waals surface area contributed by atoms with Crippen LogP contribution in [-0.2, 0) is 4.74 Å². The summed E-state index contributed by atoms with van der Waals surface area (Å²) in [5.41, 5.74) is 8.87. The van der Waals surface area contributed by atoms with Crippen LogP contribution in [0, 0.1) is 0 Å². The molecule has 0 radical (unpaired) electrons. The molecule has 0 aliphatic carbocycles. The monoisotopic (exact) mass is 349 g/mol. The van der Waals surface area contributed by atoms with Gasteiger partial charge in [0.2, 0.25) is 6.35 Å². The third kappa shape index (κ3) is 3.02. The Morgan fingerprint density at radius 1 is 1.19 bits per heavy atom. The van der Waals surface area contributed by atoms with Crippen LogP contribution in [0.25, 0.3) is 17.1 Å². The van der Waals surface area contributed by atoms with Crippen molar-refractivity contribution in [3.8, 4) is 17.1 Å². The minimum Gasteiger partial charge on any atom is -0.493 e. The second-order valence-electron chi connectivity index (χ2n) is 5.75. The Bertz CT molecular complexity index is 907. The Kier molecular flexibility index (Phi) is 4.33.